The summed E-state index contributed by atoms with van der Waals surface area (Å²) in [6.07, 6.45) is 3.82. The summed E-state index contributed by atoms with van der Waals surface area (Å²) in [5.74, 6) is 0.642. The summed E-state index contributed by atoms with van der Waals surface area (Å²) >= 11 is 0. The monoisotopic (exact) mass is 288 g/mol. The Bertz CT molecular complexity index is 490. The van der Waals surface area contributed by atoms with E-state index in [1.165, 1.54) is 17.5 Å². The molecule has 0 bridgehead atoms. The van der Waals surface area contributed by atoms with Gasteiger partial charge in [0.1, 0.15) is 0 Å². The predicted octanol–water partition coefficient (Wildman–Crippen LogP) is 2.85. The lowest BCUT2D eigenvalue weighted by molar-refractivity contribution is -0.0762. The highest BCUT2D eigenvalue weighted by atomic mass is 16.5. The van der Waals surface area contributed by atoms with Gasteiger partial charge in [0, 0.05) is 19.6 Å². The summed E-state index contributed by atoms with van der Waals surface area (Å²) in [5, 5.41) is 0. The van der Waals surface area contributed by atoms with Crippen LogP contribution in [0.2, 0.25) is 0 Å². The largest absolute Gasteiger partial charge is 0.376 e. The number of morpholine rings is 1. The zero-order chi connectivity index (χ0) is 14.9. The summed E-state index contributed by atoms with van der Waals surface area (Å²) in [6, 6.07) is 8.92. The van der Waals surface area contributed by atoms with Gasteiger partial charge in [-0.3, -0.25) is 4.90 Å². The molecule has 0 radical (unpaired) electrons. The average Bonchev–Trinajstić information content (AvgIpc) is 2.56. The summed E-state index contributed by atoms with van der Waals surface area (Å²) < 4.78 is 5.86. The zero-order valence-corrected chi connectivity index (χ0v) is 13.3. The molecule has 0 amide bonds. The van der Waals surface area contributed by atoms with Gasteiger partial charge in [-0.1, -0.05) is 38.1 Å². The second kappa shape index (κ2) is 6.07. The van der Waals surface area contributed by atoms with Gasteiger partial charge in [0.25, 0.3) is 0 Å². The van der Waals surface area contributed by atoms with E-state index in [0.29, 0.717) is 18.6 Å². The van der Waals surface area contributed by atoms with Gasteiger partial charge in [-0.05, 0) is 36.3 Å². The maximum absolute atomic E-state index is 6.33. The molecular formula is C18H28N2O. The number of ether oxygens (including phenoxy) is 1. The minimum Gasteiger partial charge on any atom is -0.376 e. The summed E-state index contributed by atoms with van der Waals surface area (Å²) in [6.45, 7) is 8.09. The van der Waals surface area contributed by atoms with Crippen molar-refractivity contribution in [1.82, 2.24) is 4.90 Å². The SMILES string of the molecule is CCC1CN(C2(CN)CCC(C)c3ccccc32)CCO1. The van der Waals surface area contributed by atoms with Crippen LogP contribution in [0.4, 0.5) is 0 Å². The molecular weight excluding hydrogens is 260 g/mol. The Morgan fingerprint density at radius 1 is 1.38 bits per heavy atom. The molecule has 1 aliphatic heterocycles. The van der Waals surface area contributed by atoms with Crippen molar-refractivity contribution in [2.24, 2.45) is 5.73 Å². The van der Waals surface area contributed by atoms with Crippen molar-refractivity contribution in [2.45, 2.75) is 50.7 Å². The molecule has 21 heavy (non-hydrogen) atoms. The number of nitrogens with two attached hydrogens (primary N) is 1. The molecule has 1 saturated heterocycles. The smallest absolute Gasteiger partial charge is 0.0700 e. The third kappa shape index (κ3) is 2.52. The van der Waals surface area contributed by atoms with E-state index in [4.69, 9.17) is 10.5 Å². The molecule has 3 heteroatoms. The molecule has 1 aliphatic carbocycles. The van der Waals surface area contributed by atoms with E-state index in [1.807, 2.05) is 0 Å². The van der Waals surface area contributed by atoms with Gasteiger partial charge >= 0.3 is 0 Å². The first-order chi connectivity index (χ1) is 10.2. The van der Waals surface area contributed by atoms with E-state index < -0.39 is 0 Å². The predicted molar refractivity (Wildman–Crippen MR) is 86.4 cm³/mol. The number of rotatable bonds is 3. The minimum atomic E-state index is 0.0142. The highest BCUT2D eigenvalue weighted by molar-refractivity contribution is 5.39. The van der Waals surface area contributed by atoms with Crippen molar-refractivity contribution in [1.29, 1.82) is 0 Å². The Hall–Kier alpha value is -0.900. The summed E-state index contributed by atoms with van der Waals surface area (Å²) in [4.78, 5) is 2.61. The van der Waals surface area contributed by atoms with E-state index in [0.717, 1.165) is 32.5 Å². The molecule has 1 heterocycles. The molecule has 116 valence electrons. The Kier molecular flexibility index (Phi) is 4.34. The van der Waals surface area contributed by atoms with E-state index in [-0.39, 0.29) is 5.54 Å². The maximum Gasteiger partial charge on any atom is 0.0700 e. The van der Waals surface area contributed by atoms with Crippen molar-refractivity contribution < 1.29 is 4.74 Å². The molecule has 3 unspecified atom stereocenters. The standard InChI is InChI=1S/C18H28N2O/c1-3-15-12-20(10-11-21-15)18(13-19)9-8-14(2)16-6-4-5-7-17(16)18/h4-7,14-15H,3,8-13,19H2,1-2H3. The molecule has 0 aromatic heterocycles. The van der Waals surface area contributed by atoms with Gasteiger partial charge in [-0.15, -0.1) is 0 Å². The third-order valence-corrected chi connectivity index (χ3v) is 5.52. The van der Waals surface area contributed by atoms with Gasteiger partial charge in [0.15, 0.2) is 0 Å². The normalized spacial score (nSPS) is 33.7. The molecule has 1 fully saturated rings. The van der Waals surface area contributed by atoms with Crippen LogP contribution in [0.15, 0.2) is 24.3 Å². The van der Waals surface area contributed by atoms with Crippen molar-refractivity contribution in [3.05, 3.63) is 35.4 Å². The van der Waals surface area contributed by atoms with Crippen LogP contribution in [0.25, 0.3) is 0 Å². The number of benzene rings is 1. The number of hydrogen-bond acceptors (Lipinski definition) is 3. The van der Waals surface area contributed by atoms with Gasteiger partial charge in [-0.2, -0.15) is 0 Å². The van der Waals surface area contributed by atoms with Crippen LogP contribution in [-0.4, -0.2) is 37.2 Å². The van der Waals surface area contributed by atoms with Crippen LogP contribution < -0.4 is 5.73 Å². The van der Waals surface area contributed by atoms with Crippen LogP contribution in [-0.2, 0) is 10.3 Å². The molecule has 2 N–H and O–H groups in total. The Balaban J connectivity index is 1.99. The molecule has 3 rings (SSSR count). The van der Waals surface area contributed by atoms with Crippen molar-refractivity contribution in [3.8, 4) is 0 Å². The highest BCUT2D eigenvalue weighted by Gasteiger charge is 2.43. The fourth-order valence-corrected chi connectivity index (χ4v) is 4.12. The first-order valence-corrected chi connectivity index (χ1v) is 8.37. The molecule has 3 nitrogen and oxygen atoms in total. The molecule has 0 saturated carbocycles. The zero-order valence-electron chi connectivity index (χ0n) is 13.3. The lowest BCUT2D eigenvalue weighted by Gasteiger charge is -2.51. The van der Waals surface area contributed by atoms with E-state index in [9.17, 15) is 0 Å². The molecule has 2 aliphatic rings. The first kappa shape index (κ1) is 15.0. The molecule has 1 aromatic carbocycles. The first-order valence-electron chi connectivity index (χ1n) is 8.37. The van der Waals surface area contributed by atoms with Crippen molar-refractivity contribution >= 4 is 0 Å². The Morgan fingerprint density at radius 2 is 2.19 bits per heavy atom. The van der Waals surface area contributed by atoms with E-state index in [2.05, 4.69) is 43.0 Å². The third-order valence-electron chi connectivity index (χ3n) is 5.52. The lowest BCUT2D eigenvalue weighted by Crippen LogP contribution is -2.58. The number of fused-ring (bicyclic) bond motifs is 1. The fourth-order valence-electron chi connectivity index (χ4n) is 4.12. The van der Waals surface area contributed by atoms with Gasteiger partial charge < -0.3 is 10.5 Å². The van der Waals surface area contributed by atoms with Crippen LogP contribution in [0.5, 0.6) is 0 Å². The van der Waals surface area contributed by atoms with Crippen LogP contribution >= 0.6 is 0 Å². The molecule has 1 aromatic rings. The minimum absolute atomic E-state index is 0.0142. The van der Waals surface area contributed by atoms with E-state index >= 15 is 0 Å². The van der Waals surface area contributed by atoms with Gasteiger partial charge in [0.05, 0.1) is 18.2 Å². The summed E-state index contributed by atoms with van der Waals surface area (Å²) in [5.41, 5.74) is 9.30. The Morgan fingerprint density at radius 3 is 2.95 bits per heavy atom. The van der Waals surface area contributed by atoms with Gasteiger partial charge in [0.2, 0.25) is 0 Å². The fraction of sp³-hybridized carbons (Fsp3) is 0.667. The topological polar surface area (TPSA) is 38.5 Å². The number of nitrogens with zero attached hydrogens (tertiary/aromatic N) is 1. The molecule has 0 spiro atoms. The number of hydrogen-bond donors (Lipinski definition) is 1. The van der Waals surface area contributed by atoms with Crippen molar-refractivity contribution in [2.75, 3.05) is 26.2 Å². The van der Waals surface area contributed by atoms with Crippen LogP contribution in [0, 0.1) is 0 Å². The lowest BCUT2D eigenvalue weighted by atomic mass is 9.71. The quantitative estimate of drug-likeness (QED) is 0.929. The van der Waals surface area contributed by atoms with Crippen molar-refractivity contribution in [3.63, 3.8) is 0 Å². The average molecular weight is 288 g/mol. The highest BCUT2D eigenvalue weighted by Crippen LogP contribution is 2.44. The van der Waals surface area contributed by atoms with Crippen LogP contribution in [0.3, 0.4) is 0 Å². The second-order valence-electron chi connectivity index (χ2n) is 6.61. The second-order valence-corrected chi connectivity index (χ2v) is 6.61. The summed E-state index contributed by atoms with van der Waals surface area (Å²) in [7, 11) is 0. The Labute approximate surface area is 128 Å². The van der Waals surface area contributed by atoms with Gasteiger partial charge in [-0.25, -0.2) is 0 Å². The molecule has 3 atom stereocenters. The van der Waals surface area contributed by atoms with E-state index in [1.54, 1.807) is 0 Å². The maximum atomic E-state index is 6.33. The van der Waals surface area contributed by atoms with Crippen LogP contribution in [0.1, 0.15) is 50.2 Å².